The van der Waals surface area contributed by atoms with Gasteiger partial charge in [0.05, 0.1) is 5.88 Å². The van der Waals surface area contributed by atoms with E-state index in [1.54, 1.807) is 36.8 Å². The summed E-state index contributed by atoms with van der Waals surface area (Å²) in [6, 6.07) is 5.00. The number of nitrogens with zero attached hydrogens (tertiary/aromatic N) is 2. The molecule has 2 aromatic rings. The predicted octanol–water partition coefficient (Wildman–Crippen LogP) is 3.02. The van der Waals surface area contributed by atoms with Crippen LogP contribution in [-0.2, 0) is 5.88 Å². The highest BCUT2D eigenvalue weighted by atomic mass is 35.5. The Balaban J connectivity index is 2.54. The zero-order chi connectivity index (χ0) is 10.7. The Bertz CT molecular complexity index is 459. The Kier molecular flexibility index (Phi) is 2.92. The lowest BCUT2D eigenvalue weighted by Crippen LogP contribution is -1.94. The van der Waals surface area contributed by atoms with Gasteiger partial charge in [0.15, 0.2) is 5.82 Å². The lowest BCUT2D eigenvalue weighted by molar-refractivity contribution is 0.615. The van der Waals surface area contributed by atoms with Crippen LogP contribution in [0.2, 0.25) is 0 Å². The molecule has 0 aromatic carbocycles. The molecule has 2 nitrogen and oxygen atoms in total. The minimum atomic E-state index is -0.362. The second-order valence-electron chi connectivity index (χ2n) is 3.00. The van der Waals surface area contributed by atoms with Gasteiger partial charge in [-0.25, -0.2) is 4.39 Å². The van der Waals surface area contributed by atoms with E-state index in [1.165, 1.54) is 0 Å². The number of rotatable bonds is 2. The summed E-state index contributed by atoms with van der Waals surface area (Å²) in [5, 5.41) is 0. The zero-order valence-electron chi connectivity index (χ0n) is 7.82. The molecule has 0 unspecified atom stereocenters. The van der Waals surface area contributed by atoms with Crippen molar-refractivity contribution in [3.8, 4) is 11.3 Å². The van der Waals surface area contributed by atoms with Crippen molar-refractivity contribution < 1.29 is 4.39 Å². The van der Waals surface area contributed by atoms with Crippen molar-refractivity contribution in [1.82, 2.24) is 9.97 Å². The van der Waals surface area contributed by atoms with Gasteiger partial charge < -0.3 is 0 Å². The van der Waals surface area contributed by atoms with Gasteiger partial charge in [-0.3, -0.25) is 9.97 Å². The quantitative estimate of drug-likeness (QED) is 0.730. The van der Waals surface area contributed by atoms with E-state index in [1.807, 2.05) is 0 Å². The molecule has 0 fully saturated rings. The van der Waals surface area contributed by atoms with Crippen molar-refractivity contribution in [2.75, 3.05) is 0 Å². The first kappa shape index (κ1) is 10.1. The van der Waals surface area contributed by atoms with Gasteiger partial charge in [0, 0.05) is 29.7 Å². The van der Waals surface area contributed by atoms with Crippen LogP contribution in [0.25, 0.3) is 11.3 Å². The van der Waals surface area contributed by atoms with E-state index in [0.29, 0.717) is 16.8 Å². The molecular weight excluding hydrogens is 215 g/mol. The van der Waals surface area contributed by atoms with Crippen molar-refractivity contribution in [1.29, 1.82) is 0 Å². The van der Waals surface area contributed by atoms with Gasteiger partial charge in [-0.1, -0.05) is 0 Å². The highest BCUT2D eigenvalue weighted by Gasteiger charge is 2.09. The fourth-order valence-corrected chi connectivity index (χ4v) is 1.50. The molecular formula is C11H8ClFN2. The van der Waals surface area contributed by atoms with Crippen LogP contribution >= 0.6 is 11.6 Å². The molecule has 2 heterocycles. The van der Waals surface area contributed by atoms with Crippen molar-refractivity contribution in [2.45, 2.75) is 5.88 Å². The largest absolute Gasteiger partial charge is 0.265 e. The predicted molar refractivity (Wildman–Crippen MR) is 57.0 cm³/mol. The normalized spacial score (nSPS) is 10.3. The van der Waals surface area contributed by atoms with Gasteiger partial charge in [-0.05, 0) is 18.2 Å². The third kappa shape index (κ3) is 1.97. The average Bonchev–Trinajstić information content (AvgIpc) is 2.30. The third-order valence-corrected chi connectivity index (χ3v) is 2.35. The molecule has 4 heteroatoms. The Morgan fingerprint density at radius 2 is 1.87 bits per heavy atom. The van der Waals surface area contributed by atoms with E-state index in [4.69, 9.17) is 11.6 Å². The fraction of sp³-hybridized carbons (Fsp3) is 0.0909. The number of alkyl halides is 1. The first-order valence-electron chi connectivity index (χ1n) is 4.42. The lowest BCUT2D eigenvalue weighted by Gasteiger charge is -2.04. The fourth-order valence-electron chi connectivity index (χ4n) is 1.30. The summed E-state index contributed by atoms with van der Waals surface area (Å²) in [4.78, 5) is 7.86. The van der Waals surface area contributed by atoms with Gasteiger partial charge in [0.2, 0.25) is 0 Å². The Morgan fingerprint density at radius 1 is 1.13 bits per heavy atom. The summed E-state index contributed by atoms with van der Waals surface area (Å²) < 4.78 is 13.8. The van der Waals surface area contributed by atoms with E-state index in [2.05, 4.69) is 9.97 Å². The molecule has 0 aliphatic carbocycles. The summed E-state index contributed by atoms with van der Waals surface area (Å²) in [5.74, 6) is -0.217. The zero-order valence-corrected chi connectivity index (χ0v) is 8.58. The molecule has 76 valence electrons. The van der Waals surface area contributed by atoms with E-state index >= 15 is 0 Å². The van der Waals surface area contributed by atoms with Gasteiger partial charge in [0.1, 0.15) is 5.69 Å². The van der Waals surface area contributed by atoms with Crippen LogP contribution < -0.4 is 0 Å². The first-order chi connectivity index (χ1) is 7.33. The summed E-state index contributed by atoms with van der Waals surface area (Å²) in [6.45, 7) is 0. The molecule has 0 amide bonds. The van der Waals surface area contributed by atoms with E-state index in [9.17, 15) is 4.39 Å². The third-order valence-electron chi connectivity index (χ3n) is 2.07. The minimum absolute atomic E-state index is 0.145. The molecule has 0 saturated heterocycles. The van der Waals surface area contributed by atoms with E-state index in [-0.39, 0.29) is 11.7 Å². The van der Waals surface area contributed by atoms with Crippen molar-refractivity contribution in [2.24, 2.45) is 0 Å². The van der Waals surface area contributed by atoms with Crippen LogP contribution in [0.15, 0.2) is 36.8 Å². The van der Waals surface area contributed by atoms with Gasteiger partial charge in [-0.15, -0.1) is 11.6 Å². The second-order valence-corrected chi connectivity index (χ2v) is 3.27. The lowest BCUT2D eigenvalue weighted by atomic mass is 10.1. The van der Waals surface area contributed by atoms with Crippen LogP contribution in [0.3, 0.4) is 0 Å². The highest BCUT2D eigenvalue weighted by Crippen LogP contribution is 2.22. The van der Waals surface area contributed by atoms with Crippen LogP contribution in [0, 0.1) is 5.82 Å². The van der Waals surface area contributed by atoms with Gasteiger partial charge in [0.25, 0.3) is 0 Å². The maximum absolute atomic E-state index is 13.8. The molecule has 0 radical (unpaired) electrons. The molecule has 0 aliphatic heterocycles. The summed E-state index contributed by atoms with van der Waals surface area (Å²) in [6.07, 6.45) is 4.75. The number of aromatic nitrogens is 2. The van der Waals surface area contributed by atoms with E-state index in [0.717, 1.165) is 0 Å². The van der Waals surface area contributed by atoms with Crippen LogP contribution in [0.4, 0.5) is 4.39 Å². The summed E-state index contributed by atoms with van der Waals surface area (Å²) >= 11 is 5.61. The standard InChI is InChI=1S/C11H8ClFN2/c12-7-9-3-6-15-11(10(9)13)8-1-4-14-5-2-8/h1-6H,7H2. The highest BCUT2D eigenvalue weighted by molar-refractivity contribution is 6.17. The average molecular weight is 223 g/mol. The number of pyridine rings is 2. The second kappa shape index (κ2) is 4.36. The molecule has 2 aromatic heterocycles. The smallest absolute Gasteiger partial charge is 0.153 e. The summed E-state index contributed by atoms with van der Waals surface area (Å²) in [7, 11) is 0. The molecule has 2 rings (SSSR count). The molecule has 0 N–H and O–H groups in total. The molecule has 0 saturated carbocycles. The molecule has 0 spiro atoms. The van der Waals surface area contributed by atoms with Crippen molar-refractivity contribution in [3.05, 3.63) is 48.2 Å². The van der Waals surface area contributed by atoms with Gasteiger partial charge >= 0.3 is 0 Å². The maximum Gasteiger partial charge on any atom is 0.153 e. The molecule has 0 aliphatic rings. The minimum Gasteiger partial charge on any atom is -0.265 e. The molecule has 0 bridgehead atoms. The molecule has 15 heavy (non-hydrogen) atoms. The van der Waals surface area contributed by atoms with Crippen LogP contribution in [-0.4, -0.2) is 9.97 Å². The Morgan fingerprint density at radius 3 is 2.53 bits per heavy atom. The maximum atomic E-state index is 13.8. The number of halogens is 2. The number of hydrogen-bond donors (Lipinski definition) is 0. The summed E-state index contributed by atoms with van der Waals surface area (Å²) in [5.41, 5.74) is 1.48. The Hall–Kier alpha value is -1.48. The molecule has 0 atom stereocenters. The van der Waals surface area contributed by atoms with Crippen molar-refractivity contribution >= 4 is 11.6 Å². The van der Waals surface area contributed by atoms with E-state index < -0.39 is 0 Å². The topological polar surface area (TPSA) is 25.8 Å². The monoisotopic (exact) mass is 222 g/mol. The SMILES string of the molecule is Fc1c(CCl)ccnc1-c1ccncc1. The number of hydrogen-bond acceptors (Lipinski definition) is 2. The van der Waals surface area contributed by atoms with Crippen molar-refractivity contribution in [3.63, 3.8) is 0 Å². The first-order valence-corrected chi connectivity index (χ1v) is 4.96. The van der Waals surface area contributed by atoms with Crippen LogP contribution in [0.5, 0.6) is 0 Å². The Labute approximate surface area is 91.8 Å². The van der Waals surface area contributed by atoms with Crippen LogP contribution in [0.1, 0.15) is 5.56 Å². The van der Waals surface area contributed by atoms with Gasteiger partial charge in [-0.2, -0.15) is 0 Å².